The van der Waals surface area contributed by atoms with Crippen molar-refractivity contribution in [3.8, 4) is 29.3 Å². The minimum Gasteiger partial charge on any atom is -0.539 e. The SMILES string of the molecule is CC(Sc1nc(N)c(C#N)c(-c2c([O-])on[n+]2C)c1C#N)C(=O)Nc1ccccc1C(F)(F)F. The molecule has 0 radical (unpaired) electrons. The minimum atomic E-state index is -4.68. The first kappa shape index (κ1) is 24.3. The van der Waals surface area contributed by atoms with E-state index in [1.54, 1.807) is 6.07 Å². The molecule has 1 amide bonds. The van der Waals surface area contributed by atoms with E-state index in [2.05, 4.69) is 20.1 Å². The first-order chi connectivity index (χ1) is 16.0. The van der Waals surface area contributed by atoms with Crippen molar-refractivity contribution in [2.45, 2.75) is 23.4 Å². The molecule has 0 bridgehead atoms. The highest BCUT2D eigenvalue weighted by Gasteiger charge is 2.34. The molecule has 3 rings (SSSR count). The average Bonchev–Trinajstić information content (AvgIpc) is 3.10. The fourth-order valence-corrected chi connectivity index (χ4v) is 3.91. The highest BCUT2D eigenvalue weighted by molar-refractivity contribution is 8.00. The highest BCUT2D eigenvalue weighted by atomic mass is 32.2. The van der Waals surface area contributed by atoms with E-state index in [9.17, 15) is 33.6 Å². The van der Waals surface area contributed by atoms with Crippen molar-refractivity contribution >= 4 is 29.2 Å². The molecule has 0 spiro atoms. The molecule has 0 saturated heterocycles. The van der Waals surface area contributed by atoms with Gasteiger partial charge in [0.15, 0.2) is 13.0 Å². The first-order valence-corrected chi connectivity index (χ1v) is 10.2. The quantitative estimate of drug-likeness (QED) is 0.402. The van der Waals surface area contributed by atoms with Gasteiger partial charge in [0.1, 0.15) is 28.5 Å². The van der Waals surface area contributed by atoms with Crippen LogP contribution in [0.1, 0.15) is 23.6 Å². The summed E-state index contributed by atoms with van der Waals surface area (Å²) in [6.07, 6.45) is -4.68. The smallest absolute Gasteiger partial charge is 0.418 e. The number of pyridine rings is 1. The number of anilines is 2. The number of carbonyl (C=O) groups is 1. The molecule has 34 heavy (non-hydrogen) atoms. The number of thioether (sulfide) groups is 1. The Morgan fingerprint density at radius 1 is 1.29 bits per heavy atom. The average molecular weight is 489 g/mol. The van der Waals surface area contributed by atoms with Crippen LogP contribution in [0.25, 0.3) is 11.3 Å². The van der Waals surface area contributed by atoms with Gasteiger partial charge in [-0.15, -0.1) is 0 Å². The summed E-state index contributed by atoms with van der Waals surface area (Å²) in [6, 6.07) is 8.09. The summed E-state index contributed by atoms with van der Waals surface area (Å²) < 4.78 is 45.2. The fourth-order valence-electron chi connectivity index (χ4n) is 2.99. The third-order valence-corrected chi connectivity index (χ3v) is 5.65. The summed E-state index contributed by atoms with van der Waals surface area (Å²) in [5.74, 6) is -2.07. The lowest BCUT2D eigenvalue weighted by Gasteiger charge is -2.17. The molecule has 1 unspecified atom stereocenters. The van der Waals surface area contributed by atoms with E-state index in [0.29, 0.717) is 11.8 Å². The largest absolute Gasteiger partial charge is 0.539 e. The summed E-state index contributed by atoms with van der Waals surface area (Å²) in [5, 5.41) is 35.9. The molecule has 3 N–H and O–H groups in total. The Kier molecular flexibility index (Phi) is 6.65. The van der Waals surface area contributed by atoms with E-state index in [4.69, 9.17) is 5.73 Å². The monoisotopic (exact) mass is 489 g/mol. The number of carbonyl (C=O) groups excluding carboxylic acids is 1. The molecule has 0 aliphatic carbocycles. The Bertz CT molecular complexity index is 1340. The van der Waals surface area contributed by atoms with Gasteiger partial charge in [-0.1, -0.05) is 28.6 Å². The number of halogens is 3. The maximum Gasteiger partial charge on any atom is 0.418 e. The molecule has 3 aromatic rings. The lowest BCUT2D eigenvalue weighted by molar-refractivity contribution is -0.730. The number of nitrogens with one attached hydrogen (secondary N) is 1. The van der Waals surface area contributed by atoms with Gasteiger partial charge in [0, 0.05) is 0 Å². The summed E-state index contributed by atoms with van der Waals surface area (Å²) in [6.45, 7) is 1.38. The fraction of sp³-hybridized carbons (Fsp3) is 0.200. The van der Waals surface area contributed by atoms with Crippen molar-refractivity contribution in [3.05, 3.63) is 41.0 Å². The van der Waals surface area contributed by atoms with Crippen LogP contribution in [-0.2, 0) is 18.0 Å². The number of amides is 1. The summed E-state index contributed by atoms with van der Waals surface area (Å²) in [7, 11) is 1.35. The van der Waals surface area contributed by atoms with Crippen molar-refractivity contribution in [3.63, 3.8) is 0 Å². The highest BCUT2D eigenvalue weighted by Crippen LogP contribution is 2.38. The number of benzene rings is 1. The van der Waals surface area contributed by atoms with Crippen molar-refractivity contribution in [1.29, 1.82) is 10.5 Å². The third-order valence-electron chi connectivity index (χ3n) is 4.56. The number of para-hydroxylation sites is 1. The minimum absolute atomic E-state index is 0.110. The molecular weight excluding hydrogens is 475 g/mol. The van der Waals surface area contributed by atoms with Crippen molar-refractivity contribution < 1.29 is 32.3 Å². The Balaban J connectivity index is 2.00. The van der Waals surface area contributed by atoms with Gasteiger partial charge in [-0.05, 0) is 19.1 Å². The number of nitrogen functional groups attached to an aromatic ring is 1. The van der Waals surface area contributed by atoms with Gasteiger partial charge in [-0.25, -0.2) is 4.98 Å². The van der Waals surface area contributed by atoms with E-state index in [1.807, 2.05) is 6.07 Å². The van der Waals surface area contributed by atoms with Crippen LogP contribution in [-0.4, -0.2) is 21.4 Å². The Hall–Kier alpha value is -4.30. The molecule has 0 saturated carbocycles. The van der Waals surface area contributed by atoms with E-state index in [0.717, 1.165) is 16.8 Å². The molecule has 2 heterocycles. The number of aryl methyl sites for hydroxylation is 1. The normalized spacial score (nSPS) is 12.0. The van der Waals surface area contributed by atoms with Crippen molar-refractivity contribution in [2.24, 2.45) is 7.05 Å². The van der Waals surface area contributed by atoms with Gasteiger partial charge in [-0.2, -0.15) is 23.7 Å². The van der Waals surface area contributed by atoms with Crippen molar-refractivity contribution in [1.82, 2.24) is 10.3 Å². The molecule has 0 aliphatic rings. The van der Waals surface area contributed by atoms with Crippen LogP contribution in [0.15, 0.2) is 33.8 Å². The number of nitrogens with two attached hydrogens (primary N) is 1. The number of rotatable bonds is 5. The lowest BCUT2D eigenvalue weighted by atomic mass is 10.0. The van der Waals surface area contributed by atoms with Crippen LogP contribution in [0.4, 0.5) is 24.7 Å². The molecular formula is C20H14F3N7O3S. The standard InChI is InChI=1S/C20H14F3N7O3S/c1-9(17(31)27-13-6-4-3-5-12(13)20(21,22)23)34-18-11(8-25)14(10(7-24)16(26)28-18)15-19(32)33-29-30(15)2/h3-6,9H,1-2H3,(H3-,26,27,28,29,31,32). The Morgan fingerprint density at radius 2 is 1.94 bits per heavy atom. The number of alkyl halides is 3. The van der Waals surface area contributed by atoms with Crippen LogP contribution in [0.5, 0.6) is 5.95 Å². The summed E-state index contributed by atoms with van der Waals surface area (Å²) >= 11 is 0.713. The predicted octanol–water partition coefficient (Wildman–Crippen LogP) is 2.10. The van der Waals surface area contributed by atoms with Gasteiger partial charge >= 0.3 is 6.18 Å². The maximum absolute atomic E-state index is 13.2. The zero-order chi connectivity index (χ0) is 25.2. The number of hydrogen-bond acceptors (Lipinski definition) is 9. The van der Waals surface area contributed by atoms with Gasteiger partial charge < -0.3 is 20.7 Å². The summed E-state index contributed by atoms with van der Waals surface area (Å²) in [5.41, 5.74) is 3.47. The Labute approximate surface area is 194 Å². The van der Waals surface area contributed by atoms with Gasteiger partial charge in [0.25, 0.3) is 5.69 Å². The number of aromatic nitrogens is 3. The number of nitriles is 2. The van der Waals surface area contributed by atoms with Crippen LogP contribution in [0.3, 0.4) is 0 Å². The number of hydrogen-bond donors (Lipinski definition) is 2. The van der Waals surface area contributed by atoms with E-state index < -0.39 is 34.5 Å². The second-order valence-corrected chi connectivity index (χ2v) is 8.11. The molecule has 1 aromatic carbocycles. The zero-order valence-corrected chi connectivity index (χ0v) is 18.3. The van der Waals surface area contributed by atoms with Gasteiger partial charge in [0.05, 0.1) is 32.9 Å². The predicted molar refractivity (Wildman–Crippen MR) is 110 cm³/mol. The van der Waals surface area contributed by atoms with Crippen molar-refractivity contribution in [2.75, 3.05) is 11.1 Å². The van der Waals surface area contributed by atoms with E-state index in [1.165, 1.54) is 26.1 Å². The molecule has 2 aromatic heterocycles. The molecule has 1 atom stereocenters. The van der Waals surface area contributed by atoms with E-state index in [-0.39, 0.29) is 33.2 Å². The maximum atomic E-state index is 13.2. The van der Waals surface area contributed by atoms with Gasteiger partial charge in [0.2, 0.25) is 5.91 Å². The van der Waals surface area contributed by atoms with Crippen LogP contribution < -0.4 is 20.8 Å². The second kappa shape index (κ2) is 9.29. The second-order valence-electron chi connectivity index (χ2n) is 6.78. The summed E-state index contributed by atoms with van der Waals surface area (Å²) in [4.78, 5) is 16.7. The topological polar surface area (TPSA) is 169 Å². The molecule has 14 heteroatoms. The number of nitrogens with zero attached hydrogens (tertiary/aromatic N) is 5. The van der Waals surface area contributed by atoms with Crippen LogP contribution in [0, 0.1) is 22.7 Å². The molecule has 10 nitrogen and oxygen atoms in total. The van der Waals surface area contributed by atoms with Gasteiger partial charge in [-0.3, -0.25) is 4.79 Å². The molecule has 0 fully saturated rings. The van der Waals surface area contributed by atoms with Crippen LogP contribution >= 0.6 is 11.8 Å². The molecule has 174 valence electrons. The lowest BCUT2D eigenvalue weighted by Crippen LogP contribution is -2.32. The Morgan fingerprint density at radius 3 is 2.50 bits per heavy atom. The zero-order valence-electron chi connectivity index (χ0n) is 17.5. The third kappa shape index (κ3) is 4.57. The molecule has 0 aliphatic heterocycles. The first-order valence-electron chi connectivity index (χ1n) is 9.30. The van der Waals surface area contributed by atoms with E-state index >= 15 is 0 Å². The van der Waals surface area contributed by atoms with Crippen LogP contribution in [0.2, 0.25) is 0 Å².